The van der Waals surface area contributed by atoms with Gasteiger partial charge in [-0.3, -0.25) is 14.4 Å². The van der Waals surface area contributed by atoms with Gasteiger partial charge in [0.25, 0.3) is 5.91 Å². The first-order valence-corrected chi connectivity index (χ1v) is 15.0. The number of hydrogen-bond donors (Lipinski definition) is 2. The highest BCUT2D eigenvalue weighted by Crippen LogP contribution is 2.45. The summed E-state index contributed by atoms with van der Waals surface area (Å²) in [5.41, 5.74) is 1.10. The molecule has 0 saturated heterocycles. The molecule has 0 aliphatic carbocycles. The highest BCUT2D eigenvalue weighted by molar-refractivity contribution is 7.17. The number of nitrogens with zero attached hydrogens (tertiary/aromatic N) is 2. The second-order valence-corrected chi connectivity index (χ2v) is 12.6. The number of esters is 1. The molecule has 4 rings (SSSR count). The van der Waals surface area contributed by atoms with Crippen LogP contribution < -0.4 is 19.7 Å². The van der Waals surface area contributed by atoms with Crippen LogP contribution in [-0.4, -0.2) is 67.3 Å². The van der Waals surface area contributed by atoms with Gasteiger partial charge in [0.05, 0.1) is 32.9 Å². The third-order valence-corrected chi connectivity index (χ3v) is 8.28. The number of benzene rings is 2. The summed E-state index contributed by atoms with van der Waals surface area (Å²) >= 11 is 7.29. The first kappa shape index (κ1) is 33.7. The number of amides is 2. The molecule has 3 aromatic rings. The number of carboxylic acid groups (broad SMARTS) is 1. The molecule has 2 atom stereocenters. The van der Waals surface area contributed by atoms with Gasteiger partial charge in [0.15, 0.2) is 16.6 Å². The van der Waals surface area contributed by atoms with Crippen molar-refractivity contribution in [2.45, 2.75) is 46.3 Å². The minimum Gasteiger partial charge on any atom is -0.493 e. The van der Waals surface area contributed by atoms with Gasteiger partial charge in [-0.05, 0) is 31.2 Å². The molecule has 2 N–H and O–H groups in total. The number of fused-ring (bicyclic) bond motifs is 1. The lowest BCUT2D eigenvalue weighted by Crippen LogP contribution is -2.46. The normalized spacial score (nSPS) is 16.4. The molecule has 0 radical (unpaired) electrons. The molecule has 0 fully saturated rings. The van der Waals surface area contributed by atoms with Gasteiger partial charge in [0, 0.05) is 40.7 Å². The fourth-order valence-electron chi connectivity index (χ4n) is 4.98. The van der Waals surface area contributed by atoms with Gasteiger partial charge < -0.3 is 34.3 Å². The van der Waals surface area contributed by atoms with Crippen LogP contribution in [0.4, 0.5) is 10.8 Å². The fourth-order valence-corrected chi connectivity index (χ4v) is 5.99. The number of hydrogen-bond acceptors (Lipinski definition) is 10. The van der Waals surface area contributed by atoms with Crippen molar-refractivity contribution in [2.75, 3.05) is 37.6 Å². The van der Waals surface area contributed by atoms with Crippen molar-refractivity contribution in [2.24, 2.45) is 5.41 Å². The van der Waals surface area contributed by atoms with Gasteiger partial charge in [0.2, 0.25) is 5.91 Å². The van der Waals surface area contributed by atoms with Crippen molar-refractivity contribution in [1.82, 2.24) is 4.98 Å². The van der Waals surface area contributed by atoms with Gasteiger partial charge >= 0.3 is 11.9 Å². The number of aromatic carboxylic acids is 1. The maximum absolute atomic E-state index is 14.3. The molecule has 45 heavy (non-hydrogen) atoms. The summed E-state index contributed by atoms with van der Waals surface area (Å²) in [6.07, 6.45) is -2.68. The summed E-state index contributed by atoms with van der Waals surface area (Å²) in [4.78, 5) is 56.4. The van der Waals surface area contributed by atoms with Crippen LogP contribution in [0.1, 0.15) is 59.8 Å². The standard InChI is InChI=1S/C31H34ClN3O9S/c1-16-27(29(39)40)45-30(33-16)34-24(37)13-23-28(38)35(14-31(3,4)15-43-17(2)36)21-11-10-18(32)12-20(21)25(44-23)19-8-7-9-22(41-5)26(19)42-6/h7-12,23,25H,13-15H2,1-6H3,(H,39,40)(H,33,34,37)/t23-,25-/m1/s1. The van der Waals surface area contributed by atoms with E-state index in [9.17, 15) is 24.3 Å². The van der Waals surface area contributed by atoms with Gasteiger partial charge in [-0.25, -0.2) is 9.78 Å². The molecule has 0 bridgehead atoms. The van der Waals surface area contributed by atoms with Gasteiger partial charge in [-0.1, -0.05) is 48.9 Å². The van der Waals surface area contributed by atoms with E-state index in [4.69, 9.17) is 30.5 Å². The summed E-state index contributed by atoms with van der Waals surface area (Å²) in [5, 5.41) is 12.5. The Labute approximate surface area is 269 Å². The summed E-state index contributed by atoms with van der Waals surface area (Å²) < 4.78 is 23.0. The average Bonchev–Trinajstić information content (AvgIpc) is 3.31. The molecule has 0 unspecified atom stereocenters. The number of anilines is 2. The number of carboxylic acids is 1. The maximum atomic E-state index is 14.3. The molecule has 240 valence electrons. The highest BCUT2D eigenvalue weighted by atomic mass is 35.5. The molecule has 12 nitrogen and oxygen atoms in total. The maximum Gasteiger partial charge on any atom is 0.347 e. The van der Waals surface area contributed by atoms with Crippen molar-refractivity contribution < 1.29 is 43.2 Å². The molecule has 2 heterocycles. The van der Waals surface area contributed by atoms with Crippen LogP contribution in [0.15, 0.2) is 36.4 Å². The number of nitrogens with one attached hydrogen (secondary N) is 1. The summed E-state index contributed by atoms with van der Waals surface area (Å²) in [5.74, 6) is -1.95. The Bertz CT molecular complexity index is 1620. The Kier molecular flexibility index (Phi) is 10.4. The van der Waals surface area contributed by atoms with Crippen LogP contribution in [-0.2, 0) is 23.9 Å². The molecule has 1 aliphatic rings. The zero-order valence-electron chi connectivity index (χ0n) is 25.6. The largest absolute Gasteiger partial charge is 0.493 e. The van der Waals surface area contributed by atoms with E-state index < -0.39 is 47.8 Å². The number of rotatable bonds is 11. The molecule has 2 aromatic carbocycles. The first-order chi connectivity index (χ1) is 21.2. The van der Waals surface area contributed by atoms with Crippen molar-refractivity contribution in [3.8, 4) is 11.5 Å². The smallest absolute Gasteiger partial charge is 0.347 e. The van der Waals surface area contributed by atoms with E-state index in [1.54, 1.807) is 36.4 Å². The first-order valence-electron chi connectivity index (χ1n) is 13.9. The minimum absolute atomic E-state index is 0.00853. The molecule has 1 aromatic heterocycles. The highest BCUT2D eigenvalue weighted by Gasteiger charge is 2.41. The Morgan fingerprint density at radius 1 is 1.16 bits per heavy atom. The lowest BCUT2D eigenvalue weighted by atomic mass is 9.92. The Balaban J connectivity index is 1.80. The fraction of sp³-hybridized carbons (Fsp3) is 0.387. The van der Waals surface area contributed by atoms with Crippen LogP contribution in [0.5, 0.6) is 11.5 Å². The van der Waals surface area contributed by atoms with Crippen LogP contribution >= 0.6 is 22.9 Å². The van der Waals surface area contributed by atoms with Crippen molar-refractivity contribution in [3.63, 3.8) is 0 Å². The molecule has 14 heteroatoms. The third kappa shape index (κ3) is 7.72. The third-order valence-electron chi connectivity index (χ3n) is 6.98. The predicted molar refractivity (Wildman–Crippen MR) is 168 cm³/mol. The second-order valence-electron chi connectivity index (χ2n) is 11.2. The zero-order chi connectivity index (χ0) is 33.1. The molecule has 1 aliphatic heterocycles. The Hall–Kier alpha value is -4.20. The zero-order valence-corrected chi connectivity index (χ0v) is 27.2. The predicted octanol–water partition coefficient (Wildman–Crippen LogP) is 5.26. The SMILES string of the molecule is COc1cccc([C@H]2O[C@H](CC(=O)Nc3nc(C)c(C(=O)O)s3)C(=O)N(CC(C)(C)COC(C)=O)c3ccc(Cl)cc32)c1OC. The number of aryl methyl sites for hydroxylation is 1. The average molecular weight is 660 g/mol. The van der Waals surface area contributed by atoms with Crippen LogP contribution in [0.25, 0.3) is 0 Å². The number of carbonyl (C=O) groups is 4. The van der Waals surface area contributed by atoms with Gasteiger partial charge in [-0.2, -0.15) is 0 Å². The molecular formula is C31H34ClN3O9S. The van der Waals surface area contributed by atoms with Crippen LogP contribution in [0, 0.1) is 12.3 Å². The van der Waals surface area contributed by atoms with E-state index in [-0.39, 0.29) is 28.9 Å². The van der Waals surface area contributed by atoms with Gasteiger partial charge in [0.1, 0.15) is 17.1 Å². The van der Waals surface area contributed by atoms with E-state index in [0.29, 0.717) is 33.3 Å². The number of thiazole rings is 1. The van der Waals surface area contributed by atoms with Crippen molar-refractivity contribution in [1.29, 1.82) is 0 Å². The lowest BCUT2D eigenvalue weighted by molar-refractivity contribution is -0.144. The van der Waals surface area contributed by atoms with Crippen molar-refractivity contribution >= 4 is 57.5 Å². The quantitative estimate of drug-likeness (QED) is 0.261. The number of para-hydroxylation sites is 1. The number of halogens is 1. The number of aromatic nitrogens is 1. The van der Waals surface area contributed by atoms with E-state index >= 15 is 0 Å². The van der Waals surface area contributed by atoms with Crippen LogP contribution in [0.3, 0.4) is 0 Å². The summed E-state index contributed by atoms with van der Waals surface area (Å²) in [6, 6.07) is 10.3. The summed E-state index contributed by atoms with van der Waals surface area (Å²) in [6.45, 7) is 6.66. The van der Waals surface area contributed by atoms with E-state index in [2.05, 4.69) is 10.3 Å². The molecule has 0 saturated carbocycles. The van der Waals surface area contributed by atoms with Gasteiger partial charge in [-0.15, -0.1) is 0 Å². The number of ether oxygens (including phenoxy) is 4. The number of carbonyl (C=O) groups excluding carboxylic acids is 3. The van der Waals surface area contributed by atoms with E-state index in [0.717, 1.165) is 11.3 Å². The Morgan fingerprint density at radius 3 is 2.51 bits per heavy atom. The lowest BCUT2D eigenvalue weighted by Gasteiger charge is -2.33. The minimum atomic E-state index is -1.32. The van der Waals surface area contributed by atoms with E-state index in [1.165, 1.54) is 33.0 Å². The van der Waals surface area contributed by atoms with Crippen molar-refractivity contribution in [3.05, 3.63) is 63.1 Å². The second kappa shape index (κ2) is 13.8. The Morgan fingerprint density at radius 2 is 1.89 bits per heavy atom. The molecular weight excluding hydrogens is 626 g/mol. The molecule has 0 spiro atoms. The number of methoxy groups -OCH3 is 2. The van der Waals surface area contributed by atoms with E-state index in [1.807, 2.05) is 13.8 Å². The summed E-state index contributed by atoms with van der Waals surface area (Å²) in [7, 11) is 2.98. The topological polar surface area (TPSA) is 154 Å². The molecule has 2 amide bonds. The van der Waals surface area contributed by atoms with Crippen LogP contribution in [0.2, 0.25) is 5.02 Å². The monoisotopic (exact) mass is 659 g/mol.